The third-order valence-electron chi connectivity index (χ3n) is 4.10. The van der Waals surface area contributed by atoms with Crippen LogP contribution in [0.3, 0.4) is 0 Å². The molecule has 1 heterocycles. The number of carboxylic acid groups (broad SMARTS) is 1. The standard InChI is InChI=1S/C18H21N3O7/c1-20-16(23)6-7-21(18(20)26)10-15(22)19-13(9-17(24)25)12-5-4-11(27-2)8-14(12)28-3/h4-8,13H,9-10H2,1-3H3,(H,19,22)(H,24,25). The van der Waals surface area contributed by atoms with Crippen molar-refractivity contribution in [2.24, 2.45) is 7.05 Å². The predicted molar refractivity (Wildman–Crippen MR) is 98.6 cm³/mol. The SMILES string of the molecule is COc1ccc(C(CC(=O)O)NC(=O)Cn2ccc(=O)n(C)c2=O)c(OC)c1. The first-order valence-corrected chi connectivity index (χ1v) is 8.26. The lowest BCUT2D eigenvalue weighted by atomic mass is 10.0. The molecule has 150 valence electrons. The number of nitrogens with zero attached hydrogens (tertiary/aromatic N) is 2. The van der Waals surface area contributed by atoms with E-state index in [1.165, 1.54) is 27.5 Å². The average molecular weight is 391 g/mol. The molecule has 0 fully saturated rings. The average Bonchev–Trinajstić information content (AvgIpc) is 2.67. The van der Waals surface area contributed by atoms with Crippen LogP contribution in [0, 0.1) is 0 Å². The number of carbonyl (C=O) groups is 2. The van der Waals surface area contributed by atoms with E-state index in [0.29, 0.717) is 17.1 Å². The highest BCUT2D eigenvalue weighted by molar-refractivity contribution is 5.77. The van der Waals surface area contributed by atoms with Gasteiger partial charge in [-0.2, -0.15) is 0 Å². The maximum Gasteiger partial charge on any atom is 0.331 e. The van der Waals surface area contributed by atoms with Crippen LogP contribution in [0.2, 0.25) is 0 Å². The van der Waals surface area contributed by atoms with Crippen LogP contribution in [-0.2, 0) is 23.2 Å². The van der Waals surface area contributed by atoms with Crippen LogP contribution in [0.25, 0.3) is 0 Å². The normalized spacial score (nSPS) is 11.5. The number of amides is 1. The Balaban J connectivity index is 2.29. The van der Waals surface area contributed by atoms with Gasteiger partial charge in [0.05, 0.1) is 26.7 Å². The van der Waals surface area contributed by atoms with Crippen LogP contribution in [-0.4, -0.2) is 40.3 Å². The van der Waals surface area contributed by atoms with Gasteiger partial charge in [0.1, 0.15) is 18.0 Å². The lowest BCUT2D eigenvalue weighted by Crippen LogP contribution is -2.41. The zero-order chi connectivity index (χ0) is 20.8. The van der Waals surface area contributed by atoms with Gasteiger partial charge >= 0.3 is 11.7 Å². The van der Waals surface area contributed by atoms with Gasteiger partial charge in [-0.05, 0) is 12.1 Å². The molecule has 10 nitrogen and oxygen atoms in total. The van der Waals surface area contributed by atoms with Gasteiger partial charge in [0, 0.05) is 30.9 Å². The highest BCUT2D eigenvalue weighted by Crippen LogP contribution is 2.31. The van der Waals surface area contributed by atoms with Gasteiger partial charge in [0.25, 0.3) is 5.56 Å². The van der Waals surface area contributed by atoms with Crippen LogP contribution < -0.4 is 26.0 Å². The van der Waals surface area contributed by atoms with Gasteiger partial charge in [-0.15, -0.1) is 0 Å². The molecular formula is C18H21N3O7. The highest BCUT2D eigenvalue weighted by Gasteiger charge is 2.22. The summed E-state index contributed by atoms with van der Waals surface area (Å²) in [4.78, 5) is 47.2. The number of methoxy groups -OCH3 is 2. The summed E-state index contributed by atoms with van der Waals surface area (Å²) in [5.74, 6) is -0.852. The lowest BCUT2D eigenvalue weighted by molar-refractivity contribution is -0.137. The fraction of sp³-hybridized carbons (Fsp3) is 0.333. The van der Waals surface area contributed by atoms with Crippen LogP contribution >= 0.6 is 0 Å². The van der Waals surface area contributed by atoms with Crippen molar-refractivity contribution in [2.75, 3.05) is 14.2 Å². The molecule has 2 aromatic rings. The number of benzene rings is 1. The van der Waals surface area contributed by atoms with E-state index in [1.807, 2.05) is 0 Å². The Morgan fingerprint density at radius 2 is 1.89 bits per heavy atom. The molecule has 0 aliphatic heterocycles. The number of aliphatic carboxylic acids is 1. The molecular weight excluding hydrogens is 370 g/mol. The van der Waals surface area contributed by atoms with Gasteiger partial charge in [-0.1, -0.05) is 0 Å². The summed E-state index contributed by atoms with van der Waals surface area (Å²) in [7, 11) is 4.20. The number of ether oxygens (including phenoxy) is 2. The van der Waals surface area contributed by atoms with E-state index < -0.39 is 35.6 Å². The first-order chi connectivity index (χ1) is 13.3. The molecule has 1 aromatic heterocycles. The van der Waals surface area contributed by atoms with Crippen molar-refractivity contribution in [3.63, 3.8) is 0 Å². The second-order valence-electron chi connectivity index (χ2n) is 5.95. The lowest BCUT2D eigenvalue weighted by Gasteiger charge is -2.20. The van der Waals surface area contributed by atoms with E-state index in [4.69, 9.17) is 9.47 Å². The molecule has 10 heteroatoms. The smallest absolute Gasteiger partial charge is 0.331 e. The largest absolute Gasteiger partial charge is 0.497 e. The molecule has 0 aliphatic rings. The van der Waals surface area contributed by atoms with Crippen molar-refractivity contribution in [1.82, 2.24) is 14.5 Å². The molecule has 1 atom stereocenters. The van der Waals surface area contributed by atoms with E-state index in [0.717, 1.165) is 15.2 Å². The van der Waals surface area contributed by atoms with Crippen molar-refractivity contribution in [3.05, 3.63) is 56.9 Å². The Morgan fingerprint density at radius 1 is 1.18 bits per heavy atom. The van der Waals surface area contributed by atoms with E-state index >= 15 is 0 Å². The predicted octanol–water partition coefficient (Wildman–Crippen LogP) is -0.104. The van der Waals surface area contributed by atoms with E-state index in [-0.39, 0.29) is 6.54 Å². The van der Waals surface area contributed by atoms with Gasteiger partial charge in [-0.3, -0.25) is 23.5 Å². The fourth-order valence-electron chi connectivity index (χ4n) is 2.65. The monoisotopic (exact) mass is 391 g/mol. The number of nitrogens with one attached hydrogen (secondary N) is 1. The molecule has 1 amide bonds. The fourth-order valence-corrected chi connectivity index (χ4v) is 2.65. The zero-order valence-corrected chi connectivity index (χ0v) is 15.7. The summed E-state index contributed by atoms with van der Waals surface area (Å²) in [5.41, 5.74) is -0.695. The van der Waals surface area contributed by atoms with Crippen molar-refractivity contribution >= 4 is 11.9 Å². The third kappa shape index (κ3) is 4.78. The molecule has 0 bridgehead atoms. The molecule has 0 radical (unpaired) electrons. The summed E-state index contributed by atoms with van der Waals surface area (Å²) in [6, 6.07) is 5.07. The minimum absolute atomic E-state index is 0.352. The van der Waals surface area contributed by atoms with Crippen molar-refractivity contribution in [2.45, 2.75) is 19.0 Å². The van der Waals surface area contributed by atoms with Crippen molar-refractivity contribution in [1.29, 1.82) is 0 Å². The van der Waals surface area contributed by atoms with Gasteiger partial charge in [0.2, 0.25) is 5.91 Å². The first kappa shape index (κ1) is 20.7. The molecule has 0 aliphatic carbocycles. The highest BCUT2D eigenvalue weighted by atomic mass is 16.5. The van der Waals surface area contributed by atoms with Crippen LogP contribution in [0.4, 0.5) is 0 Å². The molecule has 2 N–H and O–H groups in total. The van der Waals surface area contributed by atoms with Gasteiger partial charge in [0.15, 0.2) is 0 Å². The van der Waals surface area contributed by atoms with E-state index in [9.17, 15) is 24.3 Å². The maximum absolute atomic E-state index is 12.4. The Hall–Kier alpha value is -3.56. The summed E-state index contributed by atoms with van der Waals surface area (Å²) < 4.78 is 12.3. The second-order valence-corrected chi connectivity index (χ2v) is 5.95. The molecule has 28 heavy (non-hydrogen) atoms. The quantitative estimate of drug-likeness (QED) is 0.643. The van der Waals surface area contributed by atoms with Crippen LogP contribution in [0.15, 0.2) is 40.1 Å². The number of hydrogen-bond donors (Lipinski definition) is 2. The van der Waals surface area contributed by atoms with Gasteiger partial charge in [-0.25, -0.2) is 4.79 Å². The number of carbonyl (C=O) groups excluding carboxylic acids is 1. The zero-order valence-electron chi connectivity index (χ0n) is 15.7. The molecule has 0 saturated carbocycles. The molecule has 0 spiro atoms. The van der Waals surface area contributed by atoms with Crippen molar-refractivity contribution < 1.29 is 24.2 Å². The van der Waals surface area contributed by atoms with Crippen LogP contribution in [0.5, 0.6) is 11.5 Å². The summed E-state index contributed by atoms with van der Waals surface area (Å²) in [5, 5.41) is 11.8. The molecule has 0 saturated heterocycles. The van der Waals surface area contributed by atoms with E-state index in [1.54, 1.807) is 18.2 Å². The maximum atomic E-state index is 12.4. The van der Waals surface area contributed by atoms with Gasteiger partial charge < -0.3 is 19.9 Å². The Kier molecular flexibility index (Phi) is 6.59. The minimum Gasteiger partial charge on any atom is -0.497 e. The van der Waals surface area contributed by atoms with Crippen LogP contribution in [0.1, 0.15) is 18.0 Å². The Morgan fingerprint density at radius 3 is 2.50 bits per heavy atom. The number of carboxylic acids is 1. The van der Waals surface area contributed by atoms with E-state index in [2.05, 4.69) is 5.32 Å². The Labute approximate surface area is 159 Å². The first-order valence-electron chi connectivity index (χ1n) is 8.26. The number of rotatable bonds is 8. The molecule has 1 aromatic carbocycles. The third-order valence-corrected chi connectivity index (χ3v) is 4.10. The topological polar surface area (TPSA) is 129 Å². The molecule has 2 rings (SSSR count). The summed E-state index contributed by atoms with van der Waals surface area (Å²) in [6.07, 6.45) is 0.820. The summed E-state index contributed by atoms with van der Waals surface area (Å²) >= 11 is 0. The number of hydrogen-bond acceptors (Lipinski definition) is 6. The van der Waals surface area contributed by atoms with Crippen molar-refractivity contribution in [3.8, 4) is 11.5 Å². The second kappa shape index (κ2) is 8.89. The Bertz CT molecular complexity index is 993. The molecule has 1 unspecified atom stereocenters. The number of aromatic nitrogens is 2. The summed E-state index contributed by atoms with van der Waals surface area (Å²) in [6.45, 7) is -0.373. The minimum atomic E-state index is -1.12.